The predicted molar refractivity (Wildman–Crippen MR) is 78.5 cm³/mol. The molecule has 1 heterocycles. The summed E-state index contributed by atoms with van der Waals surface area (Å²) in [6.45, 7) is 6.77. The molecule has 1 aliphatic heterocycles. The van der Waals surface area contributed by atoms with Crippen molar-refractivity contribution in [2.45, 2.75) is 13.8 Å². The van der Waals surface area contributed by atoms with Crippen LogP contribution in [-0.2, 0) is 0 Å². The summed E-state index contributed by atoms with van der Waals surface area (Å²) < 4.78 is 5.29. The number of nitrogens with zero attached hydrogens (tertiary/aromatic N) is 1. The van der Waals surface area contributed by atoms with Crippen LogP contribution in [0.2, 0.25) is 0 Å². The van der Waals surface area contributed by atoms with E-state index < -0.39 is 0 Å². The van der Waals surface area contributed by atoms with Gasteiger partial charge >= 0.3 is 0 Å². The van der Waals surface area contributed by atoms with E-state index in [4.69, 9.17) is 4.74 Å². The zero-order valence-electron chi connectivity index (χ0n) is 11.0. The molecule has 0 spiro atoms. The molecule has 0 saturated carbocycles. The molecule has 2 N–H and O–H groups in total. The van der Waals surface area contributed by atoms with Gasteiger partial charge in [0.15, 0.2) is 0 Å². The van der Waals surface area contributed by atoms with Gasteiger partial charge in [-0.1, -0.05) is 0 Å². The third-order valence-electron chi connectivity index (χ3n) is 3.15. The first-order valence-corrected chi connectivity index (χ1v) is 5.87. The minimum absolute atomic E-state index is 0. The summed E-state index contributed by atoms with van der Waals surface area (Å²) in [6.07, 6.45) is 0. The number of halogens is 1. The molecule has 1 aromatic rings. The van der Waals surface area contributed by atoms with Crippen molar-refractivity contribution in [3.63, 3.8) is 0 Å². The summed E-state index contributed by atoms with van der Waals surface area (Å²) in [5.41, 5.74) is 3.54. The molecule has 0 aliphatic carbocycles. The molecule has 18 heavy (non-hydrogen) atoms. The fraction of sp³-hybridized carbons (Fsp3) is 0.462. The van der Waals surface area contributed by atoms with Crippen molar-refractivity contribution in [1.29, 1.82) is 0 Å². The lowest BCUT2D eigenvalue weighted by Gasteiger charge is -2.14. The van der Waals surface area contributed by atoms with Crippen LogP contribution in [0.25, 0.3) is 0 Å². The second-order valence-electron chi connectivity index (χ2n) is 4.17. The first kappa shape index (κ1) is 14.6. The number of benzene rings is 1. The maximum absolute atomic E-state index is 5.29. The third-order valence-corrected chi connectivity index (χ3v) is 3.15. The van der Waals surface area contributed by atoms with Gasteiger partial charge in [-0.15, -0.1) is 12.4 Å². The number of hydrogen-bond acceptors (Lipinski definition) is 4. The van der Waals surface area contributed by atoms with Gasteiger partial charge in [0.2, 0.25) is 0 Å². The van der Waals surface area contributed by atoms with E-state index in [1.54, 1.807) is 7.11 Å². The highest BCUT2D eigenvalue weighted by atomic mass is 35.5. The van der Waals surface area contributed by atoms with Crippen LogP contribution in [0.3, 0.4) is 0 Å². The standard InChI is InChI=1S/C13H19N3O.ClH/c1-9-10(2)12(17-3)5-4-11(9)16-8-13-14-6-7-15-13;/h4-5,16H,6-8H2,1-3H3,(H,14,15);1H. The Morgan fingerprint density at radius 3 is 2.72 bits per heavy atom. The summed E-state index contributed by atoms with van der Waals surface area (Å²) >= 11 is 0. The molecular weight excluding hydrogens is 250 g/mol. The normalized spacial score (nSPS) is 13.4. The zero-order chi connectivity index (χ0) is 12.3. The summed E-state index contributed by atoms with van der Waals surface area (Å²) in [5, 5.41) is 6.64. The lowest BCUT2D eigenvalue weighted by molar-refractivity contribution is 0.411. The van der Waals surface area contributed by atoms with Crippen molar-refractivity contribution in [2.24, 2.45) is 4.99 Å². The van der Waals surface area contributed by atoms with Gasteiger partial charge in [0, 0.05) is 12.2 Å². The minimum atomic E-state index is 0. The molecule has 0 fully saturated rings. The van der Waals surface area contributed by atoms with Gasteiger partial charge in [0.25, 0.3) is 0 Å². The second kappa shape index (κ2) is 6.50. The van der Waals surface area contributed by atoms with Gasteiger partial charge < -0.3 is 15.4 Å². The second-order valence-corrected chi connectivity index (χ2v) is 4.17. The highest BCUT2D eigenvalue weighted by molar-refractivity contribution is 5.87. The van der Waals surface area contributed by atoms with Gasteiger partial charge in [0.1, 0.15) is 11.6 Å². The largest absolute Gasteiger partial charge is 0.496 e. The molecule has 0 radical (unpaired) electrons. The number of ether oxygens (including phenoxy) is 1. The first-order valence-electron chi connectivity index (χ1n) is 5.87. The number of amidine groups is 1. The zero-order valence-corrected chi connectivity index (χ0v) is 11.9. The van der Waals surface area contributed by atoms with Crippen LogP contribution in [0.1, 0.15) is 11.1 Å². The van der Waals surface area contributed by atoms with Crippen molar-refractivity contribution in [2.75, 3.05) is 32.1 Å². The highest BCUT2D eigenvalue weighted by Gasteiger charge is 2.08. The van der Waals surface area contributed by atoms with Crippen molar-refractivity contribution >= 4 is 23.9 Å². The highest BCUT2D eigenvalue weighted by Crippen LogP contribution is 2.26. The van der Waals surface area contributed by atoms with Crippen molar-refractivity contribution < 1.29 is 4.74 Å². The van der Waals surface area contributed by atoms with Crippen LogP contribution in [0.4, 0.5) is 5.69 Å². The molecular formula is C13H20ClN3O. The fourth-order valence-corrected chi connectivity index (χ4v) is 1.95. The maximum atomic E-state index is 5.29. The minimum Gasteiger partial charge on any atom is -0.496 e. The Hall–Kier alpha value is -1.42. The van der Waals surface area contributed by atoms with E-state index >= 15 is 0 Å². The number of rotatable bonds is 4. The van der Waals surface area contributed by atoms with Gasteiger partial charge in [-0.3, -0.25) is 4.99 Å². The quantitative estimate of drug-likeness (QED) is 0.880. The van der Waals surface area contributed by atoms with E-state index in [2.05, 4.69) is 35.5 Å². The Bertz CT molecular complexity index is 446. The Balaban J connectivity index is 0.00000162. The van der Waals surface area contributed by atoms with E-state index in [0.29, 0.717) is 0 Å². The maximum Gasteiger partial charge on any atom is 0.122 e. The monoisotopic (exact) mass is 269 g/mol. The summed E-state index contributed by atoms with van der Waals surface area (Å²) in [6, 6.07) is 4.05. The topological polar surface area (TPSA) is 45.6 Å². The summed E-state index contributed by atoms with van der Waals surface area (Å²) in [5.74, 6) is 1.97. The fourth-order valence-electron chi connectivity index (χ4n) is 1.95. The third kappa shape index (κ3) is 3.07. The smallest absolute Gasteiger partial charge is 0.122 e. The number of anilines is 1. The molecule has 0 aromatic heterocycles. The van der Waals surface area contributed by atoms with Gasteiger partial charge in [0.05, 0.1) is 20.2 Å². The average Bonchev–Trinajstić information content (AvgIpc) is 2.84. The Morgan fingerprint density at radius 1 is 1.33 bits per heavy atom. The van der Waals surface area contributed by atoms with Crippen molar-refractivity contribution in [3.05, 3.63) is 23.3 Å². The average molecular weight is 270 g/mol. The molecule has 2 rings (SSSR count). The van der Waals surface area contributed by atoms with Gasteiger partial charge in [-0.05, 0) is 37.1 Å². The van der Waals surface area contributed by atoms with E-state index in [0.717, 1.165) is 36.9 Å². The van der Waals surface area contributed by atoms with Crippen LogP contribution in [0.5, 0.6) is 5.75 Å². The molecule has 4 nitrogen and oxygen atoms in total. The van der Waals surface area contributed by atoms with Gasteiger partial charge in [-0.25, -0.2) is 0 Å². The van der Waals surface area contributed by atoms with Crippen LogP contribution < -0.4 is 15.4 Å². The van der Waals surface area contributed by atoms with Crippen LogP contribution in [0, 0.1) is 13.8 Å². The predicted octanol–water partition coefficient (Wildman–Crippen LogP) is 2.15. The summed E-state index contributed by atoms with van der Waals surface area (Å²) in [7, 11) is 1.70. The summed E-state index contributed by atoms with van der Waals surface area (Å²) in [4.78, 5) is 4.35. The number of hydrogen-bond donors (Lipinski definition) is 2. The van der Waals surface area contributed by atoms with E-state index in [9.17, 15) is 0 Å². The molecule has 1 aromatic carbocycles. The molecule has 0 saturated heterocycles. The first-order chi connectivity index (χ1) is 8.22. The molecule has 0 amide bonds. The van der Waals surface area contributed by atoms with E-state index in [-0.39, 0.29) is 12.4 Å². The lowest BCUT2D eigenvalue weighted by atomic mass is 10.1. The molecule has 1 aliphatic rings. The van der Waals surface area contributed by atoms with E-state index in [1.807, 2.05) is 6.07 Å². The number of nitrogens with one attached hydrogen (secondary N) is 2. The van der Waals surface area contributed by atoms with Crippen molar-refractivity contribution in [3.8, 4) is 5.75 Å². The molecule has 5 heteroatoms. The van der Waals surface area contributed by atoms with Crippen LogP contribution in [0.15, 0.2) is 17.1 Å². The van der Waals surface area contributed by atoms with Crippen LogP contribution in [-0.4, -0.2) is 32.6 Å². The molecule has 0 unspecified atom stereocenters. The Morgan fingerprint density at radius 2 is 2.11 bits per heavy atom. The Kier molecular flexibility index (Phi) is 5.28. The van der Waals surface area contributed by atoms with Crippen molar-refractivity contribution in [1.82, 2.24) is 5.32 Å². The van der Waals surface area contributed by atoms with Crippen LogP contribution >= 0.6 is 12.4 Å². The number of aliphatic imine (C=N–C) groups is 1. The SMILES string of the molecule is COc1ccc(NCC2=NCCN2)c(C)c1C.Cl. The molecule has 0 bridgehead atoms. The molecule has 0 atom stereocenters. The molecule has 100 valence electrons. The van der Waals surface area contributed by atoms with E-state index in [1.165, 1.54) is 11.1 Å². The Labute approximate surface area is 114 Å². The number of methoxy groups -OCH3 is 1. The van der Waals surface area contributed by atoms with Gasteiger partial charge in [-0.2, -0.15) is 0 Å². The lowest BCUT2D eigenvalue weighted by Crippen LogP contribution is -2.26.